The van der Waals surface area contributed by atoms with Crippen LogP contribution in [0.15, 0.2) is 95.9 Å². The normalized spacial score (nSPS) is 12.5. The van der Waals surface area contributed by atoms with E-state index >= 15 is 4.39 Å². The number of amides is 1. The Hall–Kier alpha value is -5.37. The highest BCUT2D eigenvalue weighted by Gasteiger charge is 2.26. The third kappa shape index (κ3) is 5.94. The molecule has 0 fully saturated rings. The summed E-state index contributed by atoms with van der Waals surface area (Å²) in [5, 5.41) is 7.87. The van der Waals surface area contributed by atoms with Crippen molar-refractivity contribution < 1.29 is 23.5 Å². The Morgan fingerprint density at radius 3 is 2.52 bits per heavy atom. The van der Waals surface area contributed by atoms with Gasteiger partial charge in [0.25, 0.3) is 11.5 Å². The monoisotopic (exact) mass is 755 g/mol. The number of ether oxygens (including phenoxy) is 2. The fourth-order valence-corrected chi connectivity index (χ4v) is 6.58. The van der Waals surface area contributed by atoms with Crippen LogP contribution < -0.4 is 20.3 Å². The molecule has 12 heteroatoms. The largest absolute Gasteiger partial charge is 0.497 e. The minimum atomic E-state index is -0.756. The number of benzene rings is 3. The van der Waals surface area contributed by atoms with Crippen molar-refractivity contribution in [1.82, 2.24) is 19.3 Å². The Kier molecular flexibility index (Phi) is 8.48. The van der Waals surface area contributed by atoms with Gasteiger partial charge in [-0.3, -0.25) is 19.0 Å². The number of nitrogens with one attached hydrogen (secondary N) is 1. The Labute approximate surface area is 287 Å². The van der Waals surface area contributed by atoms with Gasteiger partial charge in [0.15, 0.2) is 23.0 Å². The molecule has 240 valence electrons. The first-order valence-electron chi connectivity index (χ1n) is 15.1. The lowest BCUT2D eigenvalue weighted by Gasteiger charge is -2.21. The molecule has 10 nitrogen and oxygen atoms in total. The predicted molar refractivity (Wildman–Crippen MR) is 186 cm³/mol. The molecule has 7 rings (SSSR count). The molecule has 0 unspecified atom stereocenters. The smallest absolute Gasteiger partial charge is 0.268 e. The van der Waals surface area contributed by atoms with E-state index in [1.54, 1.807) is 48.3 Å². The minimum absolute atomic E-state index is 0.0787. The number of halogens is 2. The van der Waals surface area contributed by atoms with Crippen LogP contribution in [-0.4, -0.2) is 38.1 Å². The third-order valence-electron chi connectivity index (χ3n) is 8.13. The average Bonchev–Trinajstić information content (AvgIpc) is 3.41. The molecule has 1 aliphatic rings. The van der Waals surface area contributed by atoms with Gasteiger partial charge in [0.05, 0.1) is 19.0 Å². The van der Waals surface area contributed by atoms with Crippen molar-refractivity contribution in [3.05, 3.63) is 133 Å². The summed E-state index contributed by atoms with van der Waals surface area (Å²) in [4.78, 5) is 44.4. The standard InChI is InChI=1S/C36H27FIN5O5/c1-47-24-13-10-21(11-14-24)20-42-34-32(33(38)41-42)31(16-17-39-34)48-30-15-12-22(18-27(30)37)40-35(45)26-19-25-28(8-5-9-29(25)44)43(36(26)46)23-6-3-2-4-7-23/h2-4,6-7,10-19H,5,8-9,20H2,1H3,(H,40,45). The van der Waals surface area contributed by atoms with Crippen molar-refractivity contribution in [1.29, 1.82) is 0 Å². The van der Waals surface area contributed by atoms with E-state index in [1.807, 2.05) is 30.3 Å². The number of para-hydroxylation sites is 1. The maximum atomic E-state index is 15.4. The van der Waals surface area contributed by atoms with Crippen molar-refractivity contribution >= 4 is 51.0 Å². The topological polar surface area (TPSA) is 117 Å². The summed E-state index contributed by atoms with van der Waals surface area (Å²) < 4.78 is 30.5. The molecular formula is C36H27FIN5O5. The van der Waals surface area contributed by atoms with E-state index in [9.17, 15) is 14.4 Å². The lowest BCUT2D eigenvalue weighted by Crippen LogP contribution is -2.33. The molecular weight excluding hydrogens is 728 g/mol. The average molecular weight is 756 g/mol. The van der Waals surface area contributed by atoms with Crippen LogP contribution in [0.3, 0.4) is 0 Å². The quantitative estimate of drug-likeness (QED) is 0.167. The minimum Gasteiger partial charge on any atom is -0.497 e. The Morgan fingerprint density at radius 1 is 0.979 bits per heavy atom. The Morgan fingerprint density at radius 2 is 1.77 bits per heavy atom. The zero-order valence-electron chi connectivity index (χ0n) is 25.6. The molecule has 6 aromatic rings. The summed E-state index contributed by atoms with van der Waals surface area (Å²) in [6.07, 6.45) is 3.05. The number of anilines is 1. The number of carbonyl (C=O) groups is 2. The van der Waals surface area contributed by atoms with Gasteiger partial charge in [-0.1, -0.05) is 30.3 Å². The molecule has 3 aromatic heterocycles. The summed E-state index contributed by atoms with van der Waals surface area (Å²) in [7, 11) is 1.61. The molecule has 0 atom stereocenters. The van der Waals surface area contributed by atoms with Crippen molar-refractivity contribution in [3.8, 4) is 22.9 Å². The number of Topliss-reactive ketones (excluding diaryl/α,β-unsaturated/α-hetero) is 1. The van der Waals surface area contributed by atoms with Gasteiger partial charge in [-0.2, -0.15) is 5.10 Å². The number of methoxy groups -OCH3 is 1. The fourth-order valence-electron chi connectivity index (χ4n) is 5.81. The van der Waals surface area contributed by atoms with Crippen molar-refractivity contribution in [2.75, 3.05) is 12.4 Å². The fraction of sp³-hybridized carbons (Fsp3) is 0.139. The molecule has 1 amide bonds. The van der Waals surface area contributed by atoms with Crippen molar-refractivity contribution in [3.63, 3.8) is 0 Å². The van der Waals surface area contributed by atoms with Crippen LogP contribution in [0.1, 0.15) is 44.8 Å². The van der Waals surface area contributed by atoms with E-state index < -0.39 is 17.3 Å². The van der Waals surface area contributed by atoms with Gasteiger partial charge in [0.2, 0.25) is 0 Å². The molecule has 3 heterocycles. The Balaban J connectivity index is 1.14. The second-order valence-electron chi connectivity index (χ2n) is 11.2. The molecule has 0 saturated heterocycles. The van der Waals surface area contributed by atoms with Gasteiger partial charge in [-0.05, 0) is 83.5 Å². The first kappa shape index (κ1) is 31.2. The van der Waals surface area contributed by atoms with E-state index in [1.165, 1.54) is 22.8 Å². The summed E-state index contributed by atoms with van der Waals surface area (Å²) in [6, 6.07) is 23.5. The molecule has 48 heavy (non-hydrogen) atoms. The van der Waals surface area contributed by atoms with Crippen LogP contribution in [0.2, 0.25) is 0 Å². The van der Waals surface area contributed by atoms with Gasteiger partial charge in [-0.25, -0.2) is 14.1 Å². The SMILES string of the molecule is COc1ccc(Cn2nc(I)c3c(Oc4ccc(NC(=O)c5cc6c(n(-c7ccccc7)c5=O)CCCC6=O)cc4F)ccnc32)cc1. The van der Waals surface area contributed by atoms with Crippen molar-refractivity contribution in [2.24, 2.45) is 0 Å². The van der Waals surface area contributed by atoms with E-state index in [0.717, 1.165) is 17.4 Å². The zero-order chi connectivity index (χ0) is 33.4. The van der Waals surface area contributed by atoms with Crippen LogP contribution in [0.5, 0.6) is 17.2 Å². The first-order valence-corrected chi connectivity index (χ1v) is 16.2. The number of pyridine rings is 2. The van der Waals surface area contributed by atoms with Gasteiger partial charge in [0, 0.05) is 47.4 Å². The predicted octanol–water partition coefficient (Wildman–Crippen LogP) is 6.95. The second-order valence-corrected chi connectivity index (χ2v) is 12.2. The van der Waals surface area contributed by atoms with Crippen LogP contribution in [-0.2, 0) is 13.0 Å². The highest BCUT2D eigenvalue weighted by molar-refractivity contribution is 14.1. The molecule has 0 spiro atoms. The summed E-state index contributed by atoms with van der Waals surface area (Å²) in [6.45, 7) is 0.456. The number of fused-ring (bicyclic) bond motifs is 2. The molecule has 0 saturated carbocycles. The number of hydrogen-bond donors (Lipinski definition) is 1. The highest BCUT2D eigenvalue weighted by Crippen LogP contribution is 2.34. The summed E-state index contributed by atoms with van der Waals surface area (Å²) in [5.41, 5.74) is 2.39. The van der Waals surface area contributed by atoms with Gasteiger partial charge >= 0.3 is 0 Å². The van der Waals surface area contributed by atoms with Crippen LogP contribution in [0.4, 0.5) is 10.1 Å². The molecule has 3 aromatic carbocycles. The van der Waals surface area contributed by atoms with Gasteiger partial charge in [0.1, 0.15) is 20.8 Å². The van der Waals surface area contributed by atoms with Crippen LogP contribution in [0, 0.1) is 9.52 Å². The van der Waals surface area contributed by atoms with E-state index in [4.69, 9.17) is 9.47 Å². The molecule has 0 aliphatic heterocycles. The maximum Gasteiger partial charge on any atom is 0.268 e. The summed E-state index contributed by atoms with van der Waals surface area (Å²) >= 11 is 2.10. The second kappa shape index (κ2) is 13.0. The number of hydrogen-bond acceptors (Lipinski definition) is 7. The van der Waals surface area contributed by atoms with E-state index in [0.29, 0.717) is 63.2 Å². The van der Waals surface area contributed by atoms with Crippen LogP contribution in [0.25, 0.3) is 16.7 Å². The molecule has 0 bridgehead atoms. The highest BCUT2D eigenvalue weighted by atomic mass is 127. The van der Waals surface area contributed by atoms with E-state index in [-0.39, 0.29) is 22.8 Å². The number of aromatic nitrogens is 4. The van der Waals surface area contributed by atoms with Crippen molar-refractivity contribution in [2.45, 2.75) is 25.8 Å². The lowest BCUT2D eigenvalue weighted by molar-refractivity contribution is 0.0971. The number of nitrogens with zero attached hydrogens (tertiary/aromatic N) is 4. The first-order chi connectivity index (χ1) is 23.3. The maximum absolute atomic E-state index is 15.4. The molecule has 1 N–H and O–H groups in total. The molecule has 1 aliphatic carbocycles. The number of rotatable bonds is 8. The third-order valence-corrected chi connectivity index (χ3v) is 8.89. The summed E-state index contributed by atoms with van der Waals surface area (Å²) in [5.74, 6) is -0.587. The lowest BCUT2D eigenvalue weighted by atomic mass is 9.92. The number of carbonyl (C=O) groups excluding carboxylic acids is 2. The zero-order valence-corrected chi connectivity index (χ0v) is 27.7. The van der Waals surface area contributed by atoms with E-state index in [2.05, 4.69) is 38.0 Å². The number of ketones is 1. The van der Waals surface area contributed by atoms with Gasteiger partial charge in [-0.15, -0.1) is 0 Å². The van der Waals surface area contributed by atoms with Gasteiger partial charge < -0.3 is 14.8 Å². The Bertz CT molecular complexity index is 2270. The molecule has 0 radical (unpaired) electrons. The van der Waals surface area contributed by atoms with Crippen LogP contribution >= 0.6 is 22.6 Å².